The first-order chi connectivity index (χ1) is 12.7. The van der Waals surface area contributed by atoms with Crippen LogP contribution in [0.5, 0.6) is 5.75 Å². The molecule has 1 amide bonds. The van der Waals surface area contributed by atoms with E-state index in [0.29, 0.717) is 18.0 Å². The summed E-state index contributed by atoms with van der Waals surface area (Å²) in [6.07, 6.45) is 1.10. The van der Waals surface area contributed by atoms with E-state index in [1.807, 2.05) is 50.2 Å². The van der Waals surface area contributed by atoms with Crippen LogP contribution in [0.4, 0.5) is 5.69 Å². The van der Waals surface area contributed by atoms with Crippen molar-refractivity contribution in [2.45, 2.75) is 26.8 Å². The SMILES string of the molecule is Cc1cc(C)cc(N(C(C)C(=O)NCCOc2ccccc2)S(C)(=O)=O)c1. The van der Waals surface area contributed by atoms with Crippen molar-refractivity contribution in [3.63, 3.8) is 0 Å². The number of sulfonamides is 1. The van der Waals surface area contributed by atoms with Gasteiger partial charge in [0.05, 0.1) is 18.5 Å². The van der Waals surface area contributed by atoms with Gasteiger partial charge in [-0.25, -0.2) is 8.42 Å². The second-order valence-electron chi connectivity index (χ2n) is 6.53. The van der Waals surface area contributed by atoms with Crippen molar-refractivity contribution in [3.05, 3.63) is 59.7 Å². The Bertz CT molecular complexity index is 862. The van der Waals surface area contributed by atoms with E-state index in [4.69, 9.17) is 4.74 Å². The largest absolute Gasteiger partial charge is 0.492 e. The van der Waals surface area contributed by atoms with Crippen LogP contribution in [0.15, 0.2) is 48.5 Å². The van der Waals surface area contributed by atoms with Crippen LogP contribution < -0.4 is 14.4 Å². The number of anilines is 1. The van der Waals surface area contributed by atoms with E-state index in [-0.39, 0.29) is 12.5 Å². The predicted molar refractivity (Wildman–Crippen MR) is 108 cm³/mol. The molecule has 0 saturated heterocycles. The minimum atomic E-state index is -3.63. The third-order valence-electron chi connectivity index (χ3n) is 3.96. The van der Waals surface area contributed by atoms with Crippen LogP contribution in [0.1, 0.15) is 18.1 Å². The minimum Gasteiger partial charge on any atom is -0.492 e. The number of rotatable bonds is 8. The predicted octanol–water partition coefficient (Wildman–Crippen LogP) is 2.65. The Morgan fingerprint density at radius 1 is 1.11 bits per heavy atom. The van der Waals surface area contributed by atoms with E-state index >= 15 is 0 Å². The van der Waals surface area contributed by atoms with Crippen LogP contribution >= 0.6 is 0 Å². The molecule has 27 heavy (non-hydrogen) atoms. The fourth-order valence-electron chi connectivity index (χ4n) is 2.89. The van der Waals surface area contributed by atoms with Crippen molar-refractivity contribution >= 4 is 21.6 Å². The fourth-order valence-corrected chi connectivity index (χ4v) is 4.05. The Labute approximate surface area is 161 Å². The second kappa shape index (κ2) is 8.90. The molecular weight excluding hydrogens is 364 g/mol. The highest BCUT2D eigenvalue weighted by molar-refractivity contribution is 7.92. The zero-order valence-corrected chi connectivity index (χ0v) is 16.9. The minimum absolute atomic E-state index is 0.280. The van der Waals surface area contributed by atoms with Crippen LogP contribution in [0.25, 0.3) is 0 Å². The molecular formula is C20H26N2O4S. The number of hydrogen-bond acceptors (Lipinski definition) is 4. The second-order valence-corrected chi connectivity index (χ2v) is 8.39. The highest BCUT2D eigenvalue weighted by Crippen LogP contribution is 2.23. The molecule has 0 aliphatic carbocycles. The van der Waals surface area contributed by atoms with Gasteiger partial charge in [0, 0.05) is 0 Å². The van der Waals surface area contributed by atoms with Gasteiger partial charge in [-0.05, 0) is 56.2 Å². The molecule has 146 valence electrons. The molecule has 2 aromatic carbocycles. The van der Waals surface area contributed by atoms with E-state index in [1.165, 1.54) is 0 Å². The molecule has 0 aliphatic heterocycles. The lowest BCUT2D eigenvalue weighted by atomic mass is 10.1. The summed E-state index contributed by atoms with van der Waals surface area (Å²) in [5.41, 5.74) is 2.35. The van der Waals surface area contributed by atoms with Crippen LogP contribution in [0, 0.1) is 13.8 Å². The molecule has 0 fully saturated rings. The lowest BCUT2D eigenvalue weighted by Gasteiger charge is -2.28. The average molecular weight is 391 g/mol. The van der Waals surface area contributed by atoms with Gasteiger partial charge in [0.2, 0.25) is 15.9 Å². The Hall–Kier alpha value is -2.54. The maximum atomic E-state index is 12.5. The molecule has 2 aromatic rings. The summed E-state index contributed by atoms with van der Waals surface area (Å²) in [6, 6.07) is 13.9. The smallest absolute Gasteiger partial charge is 0.243 e. The van der Waals surface area contributed by atoms with Crippen molar-refractivity contribution in [1.82, 2.24) is 5.32 Å². The normalized spacial score (nSPS) is 12.3. The molecule has 0 heterocycles. The highest BCUT2D eigenvalue weighted by atomic mass is 32.2. The summed E-state index contributed by atoms with van der Waals surface area (Å²) >= 11 is 0. The number of hydrogen-bond donors (Lipinski definition) is 1. The topological polar surface area (TPSA) is 75.7 Å². The molecule has 0 radical (unpaired) electrons. The molecule has 0 spiro atoms. The van der Waals surface area contributed by atoms with E-state index in [9.17, 15) is 13.2 Å². The number of para-hydroxylation sites is 1. The summed E-state index contributed by atoms with van der Waals surface area (Å²) < 4.78 is 31.4. The van der Waals surface area contributed by atoms with Gasteiger partial charge in [-0.2, -0.15) is 0 Å². The third kappa shape index (κ3) is 5.99. The van der Waals surface area contributed by atoms with Crippen molar-refractivity contribution in [1.29, 1.82) is 0 Å². The third-order valence-corrected chi connectivity index (χ3v) is 5.20. The maximum Gasteiger partial charge on any atom is 0.243 e. The van der Waals surface area contributed by atoms with Crippen LogP contribution in [-0.2, 0) is 14.8 Å². The summed E-state index contributed by atoms with van der Waals surface area (Å²) in [6.45, 7) is 5.94. The first-order valence-electron chi connectivity index (χ1n) is 8.72. The number of nitrogens with one attached hydrogen (secondary N) is 1. The lowest BCUT2D eigenvalue weighted by molar-refractivity contribution is -0.121. The Morgan fingerprint density at radius 2 is 1.70 bits per heavy atom. The maximum absolute atomic E-state index is 12.5. The fraction of sp³-hybridized carbons (Fsp3) is 0.350. The van der Waals surface area contributed by atoms with Crippen molar-refractivity contribution in [2.24, 2.45) is 0 Å². The number of amides is 1. The molecule has 0 aromatic heterocycles. The van der Waals surface area contributed by atoms with Crippen molar-refractivity contribution in [2.75, 3.05) is 23.7 Å². The first kappa shape index (κ1) is 20.8. The molecule has 0 aliphatic rings. The van der Waals surface area contributed by atoms with Gasteiger partial charge >= 0.3 is 0 Å². The molecule has 1 unspecified atom stereocenters. The Morgan fingerprint density at radius 3 is 2.26 bits per heavy atom. The summed E-state index contributed by atoms with van der Waals surface area (Å²) in [7, 11) is -3.63. The number of carbonyl (C=O) groups excluding carboxylic acids is 1. The molecule has 0 bridgehead atoms. The number of aryl methyl sites for hydroxylation is 2. The van der Waals surface area contributed by atoms with E-state index in [0.717, 1.165) is 21.7 Å². The zero-order chi connectivity index (χ0) is 20.0. The van der Waals surface area contributed by atoms with Crippen molar-refractivity contribution in [3.8, 4) is 5.75 Å². The highest BCUT2D eigenvalue weighted by Gasteiger charge is 2.29. The van der Waals surface area contributed by atoms with Gasteiger partial charge in [-0.1, -0.05) is 24.3 Å². The Balaban J connectivity index is 2.04. The lowest BCUT2D eigenvalue weighted by Crippen LogP contribution is -2.48. The Kier molecular flexibility index (Phi) is 6.85. The van der Waals surface area contributed by atoms with Crippen molar-refractivity contribution < 1.29 is 17.9 Å². The van der Waals surface area contributed by atoms with E-state index in [2.05, 4.69) is 5.32 Å². The van der Waals surface area contributed by atoms with E-state index in [1.54, 1.807) is 19.1 Å². The molecule has 1 N–H and O–H groups in total. The number of ether oxygens (including phenoxy) is 1. The molecule has 0 saturated carbocycles. The standard InChI is InChI=1S/C20H26N2O4S/c1-15-12-16(2)14-18(13-15)22(27(4,24)25)17(3)20(23)21-10-11-26-19-8-6-5-7-9-19/h5-9,12-14,17H,10-11H2,1-4H3,(H,21,23). The summed E-state index contributed by atoms with van der Waals surface area (Å²) in [5.74, 6) is 0.337. The van der Waals surface area contributed by atoms with Gasteiger partial charge in [-0.3, -0.25) is 9.10 Å². The van der Waals surface area contributed by atoms with Crippen LogP contribution in [0.2, 0.25) is 0 Å². The molecule has 2 rings (SSSR count). The van der Waals surface area contributed by atoms with Crippen LogP contribution in [0.3, 0.4) is 0 Å². The summed E-state index contributed by atoms with van der Waals surface area (Å²) in [5, 5.41) is 2.73. The number of benzene rings is 2. The van der Waals surface area contributed by atoms with Gasteiger partial charge in [0.1, 0.15) is 18.4 Å². The average Bonchev–Trinajstić information content (AvgIpc) is 2.57. The van der Waals surface area contributed by atoms with Gasteiger partial charge in [0.15, 0.2) is 0 Å². The number of carbonyl (C=O) groups is 1. The quantitative estimate of drug-likeness (QED) is 0.703. The van der Waals surface area contributed by atoms with Gasteiger partial charge < -0.3 is 10.1 Å². The van der Waals surface area contributed by atoms with E-state index < -0.39 is 16.1 Å². The van der Waals surface area contributed by atoms with Crippen LogP contribution in [-0.4, -0.2) is 39.8 Å². The first-order valence-corrected chi connectivity index (χ1v) is 10.6. The molecule has 6 nitrogen and oxygen atoms in total. The molecule has 1 atom stereocenters. The monoisotopic (exact) mass is 390 g/mol. The molecule has 7 heteroatoms. The zero-order valence-electron chi connectivity index (χ0n) is 16.1. The number of nitrogens with zero attached hydrogens (tertiary/aromatic N) is 1. The van der Waals surface area contributed by atoms with Gasteiger partial charge in [-0.15, -0.1) is 0 Å². The van der Waals surface area contributed by atoms with Gasteiger partial charge in [0.25, 0.3) is 0 Å². The summed E-state index contributed by atoms with van der Waals surface area (Å²) in [4.78, 5) is 12.5.